The molecule has 0 fully saturated rings. The summed E-state index contributed by atoms with van der Waals surface area (Å²) in [4.78, 5) is 26.7. The second kappa shape index (κ2) is 6.01. The number of hydrogen-bond donors (Lipinski definition) is 2. The van der Waals surface area contributed by atoms with E-state index in [-0.39, 0.29) is 0 Å². The molecule has 1 amide bonds. The first-order chi connectivity index (χ1) is 8.69. The Hall–Kier alpha value is -1.63. The second-order valence-electron chi connectivity index (χ2n) is 4.85. The number of halogens is 1. The number of carbonyl (C=O) groups is 2. The smallest absolute Gasteiger partial charge is 0.408 e. The number of carboxylic acid groups (broad SMARTS) is 1. The van der Waals surface area contributed by atoms with Gasteiger partial charge in [-0.1, -0.05) is 0 Å². The van der Waals surface area contributed by atoms with Crippen molar-refractivity contribution in [3.8, 4) is 0 Å². The predicted molar refractivity (Wildman–Crippen MR) is 71.7 cm³/mol. The molecule has 0 aromatic carbocycles. The van der Waals surface area contributed by atoms with Crippen LogP contribution < -0.4 is 5.32 Å². The largest absolute Gasteiger partial charge is 0.479 e. The van der Waals surface area contributed by atoms with Crippen LogP contribution in [0.3, 0.4) is 0 Å². The summed E-state index contributed by atoms with van der Waals surface area (Å²) in [5.41, 5.74) is -0.337. The molecule has 0 aliphatic rings. The molecule has 104 valence electrons. The highest BCUT2D eigenvalue weighted by molar-refractivity contribution is 9.10. The molecule has 0 spiro atoms. The van der Waals surface area contributed by atoms with E-state index in [1.54, 1.807) is 26.8 Å². The summed E-state index contributed by atoms with van der Waals surface area (Å²) in [5.74, 6) is -1.19. The van der Waals surface area contributed by atoms with Crippen LogP contribution in [0.2, 0.25) is 0 Å². The molecular formula is C12H15BrN2O4. The van der Waals surface area contributed by atoms with Crippen molar-refractivity contribution in [2.75, 3.05) is 0 Å². The standard InChI is InChI=1S/C12H15BrN2O4/c1-12(2,3)19-11(18)15-9(10(16)17)7-4-8(13)6-14-5-7/h4-6,9H,1-3H3,(H,15,18)(H,16,17). The van der Waals surface area contributed by atoms with E-state index >= 15 is 0 Å². The van der Waals surface area contributed by atoms with Crippen LogP contribution in [0.4, 0.5) is 4.79 Å². The number of hydrogen-bond acceptors (Lipinski definition) is 4. The average molecular weight is 331 g/mol. The number of pyridine rings is 1. The van der Waals surface area contributed by atoms with Gasteiger partial charge in [-0.2, -0.15) is 0 Å². The Labute approximate surface area is 119 Å². The molecule has 0 aliphatic carbocycles. The van der Waals surface area contributed by atoms with Crippen LogP contribution in [-0.4, -0.2) is 27.8 Å². The Morgan fingerprint density at radius 2 is 2.05 bits per heavy atom. The number of aliphatic carboxylic acids is 1. The van der Waals surface area contributed by atoms with E-state index in [4.69, 9.17) is 9.84 Å². The highest BCUT2D eigenvalue weighted by Crippen LogP contribution is 2.18. The average Bonchev–Trinajstić information content (AvgIpc) is 2.23. The molecule has 0 bridgehead atoms. The summed E-state index contributed by atoms with van der Waals surface area (Å²) in [5, 5.41) is 11.4. The molecule has 7 heteroatoms. The zero-order valence-corrected chi connectivity index (χ0v) is 12.4. The van der Waals surface area contributed by atoms with Gasteiger partial charge in [-0.3, -0.25) is 4.98 Å². The molecule has 1 unspecified atom stereocenters. The second-order valence-corrected chi connectivity index (χ2v) is 5.77. The number of amides is 1. The Morgan fingerprint density at radius 1 is 1.42 bits per heavy atom. The number of nitrogens with zero attached hydrogens (tertiary/aromatic N) is 1. The third-order valence-electron chi connectivity index (χ3n) is 1.97. The predicted octanol–water partition coefficient (Wildman–Crippen LogP) is 2.49. The molecule has 0 radical (unpaired) electrons. The SMILES string of the molecule is CC(C)(C)OC(=O)NC(C(=O)O)c1cncc(Br)c1. The molecule has 1 aromatic rings. The van der Waals surface area contributed by atoms with E-state index in [2.05, 4.69) is 26.2 Å². The van der Waals surface area contributed by atoms with Crippen LogP contribution in [0.15, 0.2) is 22.9 Å². The molecule has 0 saturated carbocycles. The number of aromatic nitrogens is 1. The Kier molecular flexibility index (Phi) is 4.88. The van der Waals surface area contributed by atoms with Crippen molar-refractivity contribution >= 4 is 28.0 Å². The van der Waals surface area contributed by atoms with Gasteiger partial charge in [0.15, 0.2) is 6.04 Å². The summed E-state index contributed by atoms with van der Waals surface area (Å²) in [6.45, 7) is 5.09. The zero-order valence-electron chi connectivity index (χ0n) is 10.8. The quantitative estimate of drug-likeness (QED) is 0.888. The van der Waals surface area contributed by atoms with Gasteiger partial charge in [0.1, 0.15) is 5.60 Å². The summed E-state index contributed by atoms with van der Waals surface area (Å²) >= 11 is 3.20. The lowest BCUT2D eigenvalue weighted by Gasteiger charge is -2.22. The van der Waals surface area contributed by atoms with Crippen molar-refractivity contribution in [3.63, 3.8) is 0 Å². The number of carbonyl (C=O) groups excluding carboxylic acids is 1. The van der Waals surface area contributed by atoms with Crippen molar-refractivity contribution < 1.29 is 19.4 Å². The number of alkyl carbamates (subject to hydrolysis) is 1. The molecule has 0 aliphatic heterocycles. The van der Waals surface area contributed by atoms with Gasteiger partial charge in [-0.05, 0) is 42.8 Å². The van der Waals surface area contributed by atoms with Crippen LogP contribution in [0.25, 0.3) is 0 Å². The van der Waals surface area contributed by atoms with Crippen LogP contribution in [0.1, 0.15) is 32.4 Å². The minimum atomic E-state index is -1.21. The van der Waals surface area contributed by atoms with E-state index in [9.17, 15) is 9.59 Å². The van der Waals surface area contributed by atoms with Crippen molar-refractivity contribution in [2.45, 2.75) is 32.4 Å². The van der Waals surface area contributed by atoms with Gasteiger partial charge < -0.3 is 15.2 Å². The maximum absolute atomic E-state index is 11.6. The molecule has 1 aromatic heterocycles. The number of carboxylic acids is 1. The van der Waals surface area contributed by atoms with E-state index in [0.29, 0.717) is 10.0 Å². The lowest BCUT2D eigenvalue weighted by molar-refractivity contribution is -0.139. The number of rotatable bonds is 3. The van der Waals surface area contributed by atoms with Crippen LogP contribution in [-0.2, 0) is 9.53 Å². The fraction of sp³-hybridized carbons (Fsp3) is 0.417. The highest BCUT2D eigenvalue weighted by Gasteiger charge is 2.25. The molecule has 19 heavy (non-hydrogen) atoms. The minimum Gasteiger partial charge on any atom is -0.479 e. The zero-order chi connectivity index (χ0) is 14.6. The van der Waals surface area contributed by atoms with E-state index in [0.717, 1.165) is 0 Å². The van der Waals surface area contributed by atoms with Gasteiger partial charge in [-0.25, -0.2) is 9.59 Å². The van der Waals surface area contributed by atoms with Gasteiger partial charge >= 0.3 is 12.1 Å². The fourth-order valence-electron chi connectivity index (χ4n) is 1.30. The number of nitrogens with one attached hydrogen (secondary N) is 1. The summed E-state index contributed by atoms with van der Waals surface area (Å²) < 4.78 is 5.65. The van der Waals surface area contributed by atoms with Crippen LogP contribution in [0.5, 0.6) is 0 Å². The third kappa shape index (κ3) is 5.25. The summed E-state index contributed by atoms with van der Waals surface area (Å²) in [7, 11) is 0. The van der Waals surface area contributed by atoms with Crippen molar-refractivity contribution in [1.82, 2.24) is 10.3 Å². The molecule has 6 nitrogen and oxygen atoms in total. The molecule has 2 N–H and O–H groups in total. The first-order valence-corrected chi connectivity index (χ1v) is 6.31. The maximum Gasteiger partial charge on any atom is 0.408 e. The summed E-state index contributed by atoms with van der Waals surface area (Å²) in [6.07, 6.45) is 2.11. The highest BCUT2D eigenvalue weighted by atomic mass is 79.9. The van der Waals surface area contributed by atoms with Gasteiger partial charge in [0.25, 0.3) is 0 Å². The Balaban J connectivity index is 2.85. The van der Waals surface area contributed by atoms with Crippen molar-refractivity contribution in [3.05, 3.63) is 28.5 Å². The third-order valence-corrected chi connectivity index (χ3v) is 2.40. The van der Waals surface area contributed by atoms with Crippen molar-refractivity contribution in [1.29, 1.82) is 0 Å². The molecule has 1 rings (SSSR count). The topological polar surface area (TPSA) is 88.5 Å². The van der Waals surface area contributed by atoms with Gasteiger partial charge in [0.05, 0.1) is 0 Å². The lowest BCUT2D eigenvalue weighted by Crippen LogP contribution is -2.38. The Morgan fingerprint density at radius 3 is 2.53 bits per heavy atom. The van der Waals surface area contributed by atoms with Crippen LogP contribution >= 0.6 is 15.9 Å². The van der Waals surface area contributed by atoms with Gasteiger partial charge in [-0.15, -0.1) is 0 Å². The van der Waals surface area contributed by atoms with Gasteiger partial charge in [0, 0.05) is 22.4 Å². The van der Waals surface area contributed by atoms with Crippen molar-refractivity contribution in [2.24, 2.45) is 0 Å². The van der Waals surface area contributed by atoms with E-state index in [1.807, 2.05) is 0 Å². The molecule has 1 atom stereocenters. The molecular weight excluding hydrogens is 316 g/mol. The first-order valence-electron chi connectivity index (χ1n) is 5.52. The normalized spacial score (nSPS) is 12.6. The van der Waals surface area contributed by atoms with E-state index < -0.39 is 23.7 Å². The number of ether oxygens (including phenoxy) is 1. The van der Waals surface area contributed by atoms with Gasteiger partial charge in [0.2, 0.25) is 0 Å². The van der Waals surface area contributed by atoms with E-state index in [1.165, 1.54) is 12.4 Å². The monoisotopic (exact) mass is 330 g/mol. The first kappa shape index (κ1) is 15.4. The molecule has 1 heterocycles. The molecule has 0 saturated heterocycles. The summed E-state index contributed by atoms with van der Waals surface area (Å²) in [6, 6.07) is 0.364. The van der Waals surface area contributed by atoms with Crippen LogP contribution in [0, 0.1) is 0 Å². The maximum atomic E-state index is 11.6. The fourth-order valence-corrected chi connectivity index (χ4v) is 1.68. The Bertz CT molecular complexity index is 485. The minimum absolute atomic E-state index is 0.354. The lowest BCUT2D eigenvalue weighted by atomic mass is 10.1.